The molecular formula is C9H14N2S. The van der Waals surface area contributed by atoms with E-state index >= 15 is 0 Å². The zero-order valence-electron chi connectivity index (χ0n) is 7.50. The third kappa shape index (κ3) is 2.66. The van der Waals surface area contributed by atoms with Gasteiger partial charge in [0.05, 0.1) is 5.69 Å². The number of rotatable bonds is 4. The van der Waals surface area contributed by atoms with Crippen LogP contribution in [0.1, 0.15) is 19.0 Å². The standard InChI is InChI=1S/C9H14N2S/c1-4-5-7(2)10-9-11-8(3)6-12-9/h4,6-7H,1,5H2,2-3H3,(H,10,11). The Balaban J connectivity index is 2.46. The Bertz CT molecular complexity index is 255. The predicted molar refractivity (Wildman–Crippen MR) is 54.7 cm³/mol. The number of nitrogens with zero attached hydrogens (tertiary/aromatic N) is 1. The first kappa shape index (κ1) is 9.26. The predicted octanol–water partition coefficient (Wildman–Crippen LogP) is 2.83. The summed E-state index contributed by atoms with van der Waals surface area (Å²) in [5, 5.41) is 6.35. The van der Waals surface area contributed by atoms with Crippen LogP contribution in [-0.4, -0.2) is 11.0 Å². The molecule has 1 aromatic heterocycles. The third-order valence-corrected chi connectivity index (χ3v) is 2.40. The molecule has 0 saturated heterocycles. The van der Waals surface area contributed by atoms with Gasteiger partial charge in [-0.1, -0.05) is 6.08 Å². The SMILES string of the molecule is C=CCC(C)Nc1nc(C)cs1. The lowest BCUT2D eigenvalue weighted by atomic mass is 10.2. The van der Waals surface area contributed by atoms with E-state index in [1.54, 1.807) is 11.3 Å². The molecule has 0 spiro atoms. The average Bonchev–Trinajstić information content (AvgIpc) is 2.36. The molecule has 0 bridgehead atoms. The van der Waals surface area contributed by atoms with E-state index in [9.17, 15) is 0 Å². The second-order valence-electron chi connectivity index (χ2n) is 2.86. The van der Waals surface area contributed by atoms with Gasteiger partial charge >= 0.3 is 0 Å². The van der Waals surface area contributed by atoms with E-state index in [2.05, 4.69) is 23.8 Å². The van der Waals surface area contributed by atoms with Crippen LogP contribution in [0, 0.1) is 6.92 Å². The minimum Gasteiger partial charge on any atom is -0.359 e. The van der Waals surface area contributed by atoms with Crippen LogP contribution in [0.15, 0.2) is 18.0 Å². The van der Waals surface area contributed by atoms with Crippen molar-refractivity contribution >= 4 is 16.5 Å². The van der Waals surface area contributed by atoms with E-state index in [0.717, 1.165) is 17.2 Å². The fraction of sp³-hybridized carbons (Fsp3) is 0.444. The summed E-state index contributed by atoms with van der Waals surface area (Å²) in [6, 6.07) is 0.424. The Morgan fingerprint density at radius 2 is 2.58 bits per heavy atom. The maximum absolute atomic E-state index is 4.31. The van der Waals surface area contributed by atoms with E-state index in [4.69, 9.17) is 0 Å². The molecule has 1 unspecified atom stereocenters. The van der Waals surface area contributed by atoms with Crippen LogP contribution < -0.4 is 5.32 Å². The number of hydrogen-bond donors (Lipinski definition) is 1. The Labute approximate surface area is 77.3 Å². The normalized spacial score (nSPS) is 12.5. The molecule has 0 aliphatic heterocycles. The van der Waals surface area contributed by atoms with Crippen molar-refractivity contribution in [2.24, 2.45) is 0 Å². The van der Waals surface area contributed by atoms with Gasteiger partial charge in [-0.3, -0.25) is 0 Å². The maximum atomic E-state index is 4.31. The van der Waals surface area contributed by atoms with Crippen molar-refractivity contribution in [2.75, 3.05) is 5.32 Å². The van der Waals surface area contributed by atoms with Crippen molar-refractivity contribution in [1.82, 2.24) is 4.98 Å². The van der Waals surface area contributed by atoms with Crippen molar-refractivity contribution in [3.63, 3.8) is 0 Å². The molecule has 0 fully saturated rings. The molecule has 0 amide bonds. The Morgan fingerprint density at radius 3 is 3.08 bits per heavy atom. The van der Waals surface area contributed by atoms with E-state index in [1.807, 2.05) is 18.4 Å². The third-order valence-electron chi connectivity index (χ3n) is 1.51. The van der Waals surface area contributed by atoms with Crippen LogP contribution in [0.3, 0.4) is 0 Å². The van der Waals surface area contributed by atoms with Gasteiger partial charge in [0.15, 0.2) is 5.13 Å². The fourth-order valence-corrected chi connectivity index (χ4v) is 1.74. The van der Waals surface area contributed by atoms with Crippen molar-refractivity contribution in [3.8, 4) is 0 Å². The summed E-state index contributed by atoms with van der Waals surface area (Å²) in [4.78, 5) is 4.31. The molecule has 0 radical (unpaired) electrons. The second kappa shape index (κ2) is 4.26. The van der Waals surface area contributed by atoms with Crippen LogP contribution in [0.25, 0.3) is 0 Å². The highest BCUT2D eigenvalue weighted by Gasteiger charge is 2.01. The lowest BCUT2D eigenvalue weighted by Gasteiger charge is -2.08. The summed E-state index contributed by atoms with van der Waals surface area (Å²) >= 11 is 1.65. The molecule has 1 atom stereocenters. The van der Waals surface area contributed by atoms with Gasteiger partial charge in [-0.05, 0) is 20.3 Å². The van der Waals surface area contributed by atoms with E-state index in [-0.39, 0.29) is 0 Å². The van der Waals surface area contributed by atoms with E-state index in [0.29, 0.717) is 6.04 Å². The largest absolute Gasteiger partial charge is 0.359 e. The highest BCUT2D eigenvalue weighted by molar-refractivity contribution is 7.13. The number of hydrogen-bond acceptors (Lipinski definition) is 3. The number of aromatic nitrogens is 1. The van der Waals surface area contributed by atoms with Crippen molar-refractivity contribution in [1.29, 1.82) is 0 Å². The summed E-state index contributed by atoms with van der Waals surface area (Å²) < 4.78 is 0. The van der Waals surface area contributed by atoms with Gasteiger partial charge in [0.25, 0.3) is 0 Å². The van der Waals surface area contributed by atoms with Crippen molar-refractivity contribution < 1.29 is 0 Å². The smallest absolute Gasteiger partial charge is 0.183 e. The van der Waals surface area contributed by atoms with Crippen LogP contribution in [-0.2, 0) is 0 Å². The van der Waals surface area contributed by atoms with Crippen LogP contribution in [0.5, 0.6) is 0 Å². The summed E-state index contributed by atoms with van der Waals surface area (Å²) in [6.07, 6.45) is 2.89. The first-order chi connectivity index (χ1) is 5.72. The Morgan fingerprint density at radius 1 is 1.83 bits per heavy atom. The lowest BCUT2D eigenvalue weighted by Crippen LogP contribution is -2.13. The molecule has 0 aromatic carbocycles. The average molecular weight is 182 g/mol. The molecule has 0 saturated carbocycles. The molecule has 1 heterocycles. The van der Waals surface area contributed by atoms with E-state index in [1.165, 1.54) is 0 Å². The molecule has 0 aliphatic rings. The topological polar surface area (TPSA) is 24.9 Å². The highest BCUT2D eigenvalue weighted by Crippen LogP contribution is 2.15. The monoisotopic (exact) mass is 182 g/mol. The summed E-state index contributed by atoms with van der Waals surface area (Å²) in [5.74, 6) is 0. The first-order valence-electron chi connectivity index (χ1n) is 4.02. The minimum absolute atomic E-state index is 0.424. The summed E-state index contributed by atoms with van der Waals surface area (Å²) in [5.41, 5.74) is 1.08. The van der Waals surface area contributed by atoms with Crippen molar-refractivity contribution in [3.05, 3.63) is 23.7 Å². The van der Waals surface area contributed by atoms with E-state index < -0.39 is 0 Å². The lowest BCUT2D eigenvalue weighted by molar-refractivity contribution is 0.811. The van der Waals surface area contributed by atoms with Gasteiger partial charge in [-0.25, -0.2) is 4.98 Å². The Hall–Kier alpha value is -0.830. The molecule has 0 aliphatic carbocycles. The Kier molecular flexibility index (Phi) is 3.29. The molecule has 1 rings (SSSR count). The first-order valence-corrected chi connectivity index (χ1v) is 4.90. The number of thiazole rings is 1. The zero-order valence-corrected chi connectivity index (χ0v) is 8.32. The molecule has 66 valence electrons. The van der Waals surface area contributed by atoms with Gasteiger partial charge in [0, 0.05) is 11.4 Å². The molecule has 1 aromatic rings. The molecule has 2 nitrogen and oxygen atoms in total. The molecule has 1 N–H and O–H groups in total. The number of anilines is 1. The minimum atomic E-state index is 0.424. The van der Waals surface area contributed by atoms with Gasteiger partial charge in [0.1, 0.15) is 0 Å². The van der Waals surface area contributed by atoms with Crippen LogP contribution in [0.4, 0.5) is 5.13 Å². The number of aryl methyl sites for hydroxylation is 1. The van der Waals surface area contributed by atoms with Gasteiger partial charge in [0.2, 0.25) is 0 Å². The maximum Gasteiger partial charge on any atom is 0.183 e. The molecule has 12 heavy (non-hydrogen) atoms. The fourth-order valence-electron chi connectivity index (χ4n) is 0.940. The highest BCUT2D eigenvalue weighted by atomic mass is 32.1. The summed E-state index contributed by atoms with van der Waals surface area (Å²) in [6.45, 7) is 7.81. The van der Waals surface area contributed by atoms with Gasteiger partial charge < -0.3 is 5.32 Å². The molecular weight excluding hydrogens is 168 g/mol. The van der Waals surface area contributed by atoms with Crippen LogP contribution in [0.2, 0.25) is 0 Å². The second-order valence-corrected chi connectivity index (χ2v) is 3.72. The van der Waals surface area contributed by atoms with Crippen LogP contribution >= 0.6 is 11.3 Å². The zero-order chi connectivity index (χ0) is 8.97. The quantitative estimate of drug-likeness (QED) is 0.724. The number of nitrogens with one attached hydrogen (secondary N) is 1. The van der Waals surface area contributed by atoms with Gasteiger partial charge in [-0.2, -0.15) is 0 Å². The summed E-state index contributed by atoms with van der Waals surface area (Å²) in [7, 11) is 0. The van der Waals surface area contributed by atoms with Crippen molar-refractivity contribution in [2.45, 2.75) is 26.3 Å². The van der Waals surface area contributed by atoms with Gasteiger partial charge in [-0.15, -0.1) is 17.9 Å². The molecule has 3 heteroatoms.